The summed E-state index contributed by atoms with van der Waals surface area (Å²) in [5, 5.41) is 1.14. The highest BCUT2D eigenvalue weighted by atomic mass is 32.1. The van der Waals surface area contributed by atoms with Crippen LogP contribution < -0.4 is 0 Å². The number of aromatic amines is 1. The van der Waals surface area contributed by atoms with Gasteiger partial charge in [-0.2, -0.15) is 0 Å². The molecule has 1 aromatic carbocycles. The van der Waals surface area contributed by atoms with Crippen LogP contribution in [0.2, 0.25) is 0 Å². The Morgan fingerprint density at radius 1 is 1.40 bits per heavy atom. The van der Waals surface area contributed by atoms with Gasteiger partial charge in [0, 0.05) is 12.0 Å². The van der Waals surface area contributed by atoms with Gasteiger partial charge in [0.2, 0.25) is 0 Å². The van der Waals surface area contributed by atoms with Crippen molar-refractivity contribution in [3.05, 3.63) is 35.2 Å². The Bertz CT molecular complexity index is 851. The maximum atomic E-state index is 5.71. The number of benzene rings is 1. The van der Waals surface area contributed by atoms with Crippen LogP contribution in [-0.4, -0.2) is 27.2 Å². The molecule has 4 nitrogen and oxygen atoms in total. The fraction of sp³-hybridized carbons (Fsp3) is 0.333. The second-order valence-electron chi connectivity index (χ2n) is 5.27. The first-order valence-corrected chi connectivity index (χ1v) is 7.26. The lowest BCUT2D eigenvalue weighted by Crippen LogP contribution is -2.16. The summed E-state index contributed by atoms with van der Waals surface area (Å²) < 4.78 is 8.67. The molecule has 2 unspecified atom stereocenters. The molecular weight excluding hydrogens is 270 g/mol. The van der Waals surface area contributed by atoms with Gasteiger partial charge in [0.15, 0.2) is 4.77 Å². The van der Waals surface area contributed by atoms with Crippen LogP contribution >= 0.6 is 12.2 Å². The monoisotopic (exact) mass is 285 g/mol. The van der Waals surface area contributed by atoms with Crippen molar-refractivity contribution in [1.82, 2.24) is 14.5 Å². The Labute approximate surface area is 121 Å². The van der Waals surface area contributed by atoms with Crippen molar-refractivity contribution in [1.29, 1.82) is 0 Å². The van der Waals surface area contributed by atoms with Gasteiger partial charge < -0.3 is 14.3 Å². The highest BCUT2D eigenvalue weighted by Gasteiger charge is 2.28. The Hall–Kier alpha value is -1.72. The quantitative estimate of drug-likeness (QED) is 0.695. The van der Waals surface area contributed by atoms with Crippen LogP contribution in [0.4, 0.5) is 0 Å². The summed E-state index contributed by atoms with van der Waals surface area (Å²) in [4.78, 5) is 7.76. The zero-order valence-electron chi connectivity index (χ0n) is 11.2. The molecule has 5 heteroatoms. The summed E-state index contributed by atoms with van der Waals surface area (Å²) in [5.41, 5.74) is 3.13. The maximum Gasteiger partial charge on any atom is 0.178 e. The van der Waals surface area contributed by atoms with Gasteiger partial charge in [-0.25, -0.2) is 0 Å². The van der Waals surface area contributed by atoms with Crippen LogP contribution in [0.1, 0.15) is 19.4 Å². The number of hydrogen-bond acceptors (Lipinski definition) is 3. The predicted molar refractivity (Wildman–Crippen MR) is 81.5 cm³/mol. The van der Waals surface area contributed by atoms with Crippen LogP contribution in [0.15, 0.2) is 30.5 Å². The largest absolute Gasteiger partial charge is 0.376 e. The minimum atomic E-state index is 0.188. The van der Waals surface area contributed by atoms with E-state index in [0.29, 0.717) is 6.04 Å². The number of ether oxygens (including phenoxy) is 1. The van der Waals surface area contributed by atoms with Gasteiger partial charge in [-0.15, -0.1) is 0 Å². The van der Waals surface area contributed by atoms with Crippen molar-refractivity contribution in [2.75, 3.05) is 6.61 Å². The van der Waals surface area contributed by atoms with Crippen molar-refractivity contribution >= 4 is 34.2 Å². The molecule has 0 radical (unpaired) electrons. The van der Waals surface area contributed by atoms with E-state index >= 15 is 0 Å². The van der Waals surface area contributed by atoms with Crippen molar-refractivity contribution in [2.45, 2.75) is 25.5 Å². The fourth-order valence-electron chi connectivity index (χ4n) is 3.13. The summed E-state index contributed by atoms with van der Waals surface area (Å²) in [6.07, 6.45) is 3.05. The van der Waals surface area contributed by atoms with Crippen LogP contribution in [0.5, 0.6) is 0 Å². The molecule has 0 amide bonds. The minimum Gasteiger partial charge on any atom is -0.376 e. The molecule has 2 aromatic heterocycles. The highest BCUT2D eigenvalue weighted by Crippen LogP contribution is 2.32. The second-order valence-corrected chi connectivity index (χ2v) is 5.66. The van der Waals surface area contributed by atoms with Gasteiger partial charge in [-0.3, -0.25) is 4.98 Å². The Kier molecular flexibility index (Phi) is 2.65. The number of aromatic nitrogens is 3. The third-order valence-electron chi connectivity index (χ3n) is 4.12. The molecule has 1 fully saturated rings. The maximum absolute atomic E-state index is 5.71. The molecule has 2 atom stereocenters. The molecule has 3 aromatic rings. The standard InChI is InChI=1S/C15H15N3OS/c1-9-13(6-7-19-9)18-14-10-4-2-3-5-11(10)16-8-12(14)17-15(18)20/h2-5,8-9,13H,6-7H2,1H3,(H,17,20). The lowest BCUT2D eigenvalue weighted by molar-refractivity contribution is 0.108. The molecule has 102 valence electrons. The normalized spacial score (nSPS) is 22.9. The van der Waals surface area contributed by atoms with Crippen molar-refractivity contribution in [3.63, 3.8) is 0 Å². The number of H-pyrrole nitrogens is 1. The Morgan fingerprint density at radius 2 is 2.25 bits per heavy atom. The molecule has 1 aliphatic rings. The van der Waals surface area contributed by atoms with E-state index in [4.69, 9.17) is 17.0 Å². The average Bonchev–Trinajstić information content (AvgIpc) is 3.01. The van der Waals surface area contributed by atoms with E-state index in [1.165, 1.54) is 0 Å². The molecule has 1 N–H and O–H groups in total. The molecular formula is C15H15N3OS. The average molecular weight is 285 g/mol. The van der Waals surface area contributed by atoms with Crippen LogP contribution in [0, 0.1) is 4.77 Å². The summed E-state index contributed by atoms with van der Waals surface area (Å²) in [5.74, 6) is 0. The van der Waals surface area contributed by atoms with Gasteiger partial charge in [0.05, 0.1) is 34.9 Å². The smallest absolute Gasteiger partial charge is 0.178 e. The predicted octanol–water partition coefficient (Wildman–Crippen LogP) is 3.60. The minimum absolute atomic E-state index is 0.188. The molecule has 1 aliphatic heterocycles. The lowest BCUT2D eigenvalue weighted by atomic mass is 10.1. The summed E-state index contributed by atoms with van der Waals surface area (Å²) in [6.45, 7) is 2.91. The van der Waals surface area contributed by atoms with Gasteiger partial charge in [0.1, 0.15) is 0 Å². The number of pyridine rings is 1. The van der Waals surface area contributed by atoms with Gasteiger partial charge in [0.25, 0.3) is 0 Å². The first-order valence-electron chi connectivity index (χ1n) is 6.85. The number of imidazole rings is 1. The molecule has 0 bridgehead atoms. The molecule has 0 spiro atoms. The topological polar surface area (TPSA) is 42.8 Å². The molecule has 20 heavy (non-hydrogen) atoms. The van der Waals surface area contributed by atoms with Crippen molar-refractivity contribution in [2.24, 2.45) is 0 Å². The van der Waals surface area contributed by atoms with E-state index in [-0.39, 0.29) is 6.10 Å². The first-order chi connectivity index (χ1) is 9.75. The van der Waals surface area contributed by atoms with Crippen molar-refractivity contribution < 1.29 is 4.74 Å². The number of nitrogens with one attached hydrogen (secondary N) is 1. The molecule has 0 aliphatic carbocycles. The van der Waals surface area contributed by atoms with E-state index in [1.54, 1.807) is 0 Å². The van der Waals surface area contributed by atoms with Gasteiger partial charge in [-0.1, -0.05) is 18.2 Å². The van der Waals surface area contributed by atoms with E-state index in [0.717, 1.165) is 39.7 Å². The number of rotatable bonds is 1. The zero-order valence-corrected chi connectivity index (χ0v) is 12.0. The third kappa shape index (κ3) is 1.63. The molecule has 3 heterocycles. The molecule has 1 saturated heterocycles. The number of fused-ring (bicyclic) bond motifs is 3. The van der Waals surface area contributed by atoms with Gasteiger partial charge in [-0.05, 0) is 31.6 Å². The SMILES string of the molecule is CC1OCCC1n1c(=S)[nH]c2cnc3ccccc3c21. The Balaban J connectivity index is 2.11. The first kappa shape index (κ1) is 12.1. The van der Waals surface area contributed by atoms with Crippen LogP contribution in [0.3, 0.4) is 0 Å². The summed E-state index contributed by atoms with van der Waals surface area (Å²) >= 11 is 5.53. The Morgan fingerprint density at radius 3 is 3.05 bits per heavy atom. The van der Waals surface area contributed by atoms with Crippen LogP contribution in [-0.2, 0) is 4.74 Å². The third-order valence-corrected chi connectivity index (χ3v) is 4.41. The molecule has 0 saturated carbocycles. The lowest BCUT2D eigenvalue weighted by Gasteiger charge is -2.17. The molecule has 4 rings (SSSR count). The number of hydrogen-bond donors (Lipinski definition) is 1. The van der Waals surface area contributed by atoms with E-state index < -0.39 is 0 Å². The number of para-hydroxylation sites is 1. The summed E-state index contributed by atoms with van der Waals surface area (Å²) in [6, 6.07) is 8.47. The number of nitrogens with zero attached hydrogens (tertiary/aromatic N) is 2. The fourth-order valence-corrected chi connectivity index (χ4v) is 3.47. The second kappa shape index (κ2) is 4.40. The zero-order chi connectivity index (χ0) is 13.7. The highest BCUT2D eigenvalue weighted by molar-refractivity contribution is 7.71. The van der Waals surface area contributed by atoms with E-state index in [2.05, 4.69) is 27.5 Å². The van der Waals surface area contributed by atoms with E-state index in [1.807, 2.05) is 24.4 Å². The van der Waals surface area contributed by atoms with Crippen LogP contribution in [0.25, 0.3) is 21.9 Å². The summed E-state index contributed by atoms with van der Waals surface area (Å²) in [7, 11) is 0. The van der Waals surface area contributed by atoms with Gasteiger partial charge >= 0.3 is 0 Å². The van der Waals surface area contributed by atoms with E-state index in [9.17, 15) is 0 Å². The van der Waals surface area contributed by atoms with Crippen molar-refractivity contribution in [3.8, 4) is 0 Å².